The third-order valence-corrected chi connectivity index (χ3v) is 2.20. The van der Waals surface area contributed by atoms with E-state index in [1.54, 1.807) is 0 Å². The standard InChI is InChI=1S/C8H19NO2Si/c1-4-10-7(6(3)9)8(12)11-5-2/h6H,4-5,9H2,1-3,12H3. The van der Waals surface area contributed by atoms with Gasteiger partial charge in [-0.25, -0.2) is 0 Å². The molecule has 0 aromatic heterocycles. The maximum absolute atomic E-state index is 5.71. The highest BCUT2D eigenvalue weighted by molar-refractivity contribution is 6.20. The molecule has 1 unspecified atom stereocenters. The zero-order chi connectivity index (χ0) is 9.56. The molecule has 1 atom stereocenters. The highest BCUT2D eigenvalue weighted by Crippen LogP contribution is 2.07. The van der Waals surface area contributed by atoms with Crippen LogP contribution in [-0.2, 0) is 9.47 Å². The first-order chi connectivity index (χ1) is 5.63. The van der Waals surface area contributed by atoms with Crippen LogP contribution in [0.25, 0.3) is 0 Å². The Balaban J connectivity index is 4.32. The van der Waals surface area contributed by atoms with Crippen LogP contribution in [0.4, 0.5) is 0 Å². The summed E-state index contributed by atoms with van der Waals surface area (Å²) in [6, 6.07) is -0.0657. The SMILES string of the molecule is CCOC([SiH3])=C(OCC)C(C)N. The lowest BCUT2D eigenvalue weighted by atomic mass is 10.3. The van der Waals surface area contributed by atoms with Crippen LogP contribution in [0.3, 0.4) is 0 Å². The van der Waals surface area contributed by atoms with Crippen LogP contribution < -0.4 is 5.73 Å². The molecule has 0 aromatic carbocycles. The van der Waals surface area contributed by atoms with Gasteiger partial charge in [-0.2, -0.15) is 0 Å². The summed E-state index contributed by atoms with van der Waals surface area (Å²) >= 11 is 0. The van der Waals surface area contributed by atoms with Gasteiger partial charge in [0.15, 0.2) is 0 Å². The van der Waals surface area contributed by atoms with Gasteiger partial charge < -0.3 is 15.2 Å². The highest BCUT2D eigenvalue weighted by Gasteiger charge is 2.08. The van der Waals surface area contributed by atoms with E-state index < -0.39 is 0 Å². The highest BCUT2D eigenvalue weighted by atomic mass is 28.1. The summed E-state index contributed by atoms with van der Waals surface area (Å²) in [6.45, 7) is 7.14. The second-order valence-corrected chi connectivity index (χ2v) is 3.48. The monoisotopic (exact) mass is 189 g/mol. The van der Waals surface area contributed by atoms with Gasteiger partial charge in [0.05, 0.1) is 29.5 Å². The van der Waals surface area contributed by atoms with Gasteiger partial charge >= 0.3 is 0 Å². The van der Waals surface area contributed by atoms with Crippen molar-refractivity contribution in [1.29, 1.82) is 0 Å². The van der Waals surface area contributed by atoms with Gasteiger partial charge in [-0.05, 0) is 20.8 Å². The van der Waals surface area contributed by atoms with Crippen molar-refractivity contribution >= 4 is 10.2 Å². The van der Waals surface area contributed by atoms with E-state index in [4.69, 9.17) is 15.2 Å². The van der Waals surface area contributed by atoms with E-state index in [2.05, 4.69) is 0 Å². The lowest BCUT2D eigenvalue weighted by molar-refractivity contribution is 0.170. The van der Waals surface area contributed by atoms with Crippen LogP contribution in [0.1, 0.15) is 20.8 Å². The van der Waals surface area contributed by atoms with E-state index in [1.807, 2.05) is 20.8 Å². The van der Waals surface area contributed by atoms with Gasteiger partial charge in [0.2, 0.25) is 0 Å². The van der Waals surface area contributed by atoms with Crippen molar-refractivity contribution in [3.05, 3.63) is 11.1 Å². The van der Waals surface area contributed by atoms with E-state index in [1.165, 1.54) is 0 Å². The maximum atomic E-state index is 5.71. The molecule has 0 bridgehead atoms. The van der Waals surface area contributed by atoms with E-state index in [-0.39, 0.29) is 6.04 Å². The molecule has 72 valence electrons. The minimum Gasteiger partial charge on any atom is -0.501 e. The zero-order valence-electron chi connectivity index (χ0n) is 8.39. The summed E-state index contributed by atoms with van der Waals surface area (Å²) in [7, 11) is 0.846. The normalized spacial score (nSPS) is 15.3. The topological polar surface area (TPSA) is 44.5 Å². The molecule has 0 saturated heterocycles. The predicted octanol–water partition coefficient (Wildman–Crippen LogP) is -0.0589. The molecule has 3 nitrogen and oxygen atoms in total. The molecule has 0 heterocycles. The minimum atomic E-state index is -0.0657. The van der Waals surface area contributed by atoms with Crippen LogP contribution in [0.15, 0.2) is 11.1 Å². The largest absolute Gasteiger partial charge is 0.501 e. The van der Waals surface area contributed by atoms with Gasteiger partial charge in [0.25, 0.3) is 0 Å². The van der Waals surface area contributed by atoms with Crippen LogP contribution in [0, 0.1) is 0 Å². The van der Waals surface area contributed by atoms with Crippen LogP contribution in [0.2, 0.25) is 0 Å². The summed E-state index contributed by atoms with van der Waals surface area (Å²) in [4.78, 5) is 0. The quantitative estimate of drug-likeness (QED) is 0.487. The van der Waals surface area contributed by atoms with Crippen molar-refractivity contribution in [2.24, 2.45) is 5.73 Å². The van der Waals surface area contributed by atoms with E-state index in [0.29, 0.717) is 13.2 Å². The Morgan fingerprint density at radius 1 is 1.33 bits per heavy atom. The maximum Gasteiger partial charge on any atom is 0.144 e. The van der Waals surface area contributed by atoms with E-state index in [0.717, 1.165) is 21.4 Å². The Labute approximate surface area is 77.3 Å². The average Bonchev–Trinajstić information content (AvgIpc) is 1.99. The van der Waals surface area contributed by atoms with Crippen molar-refractivity contribution < 1.29 is 9.47 Å². The Hall–Kier alpha value is -0.483. The number of nitrogens with two attached hydrogens (primary N) is 1. The molecule has 0 fully saturated rings. The summed E-state index contributed by atoms with van der Waals surface area (Å²) in [5.41, 5.74) is 5.71. The van der Waals surface area contributed by atoms with Gasteiger partial charge in [-0.3, -0.25) is 0 Å². The van der Waals surface area contributed by atoms with Crippen molar-refractivity contribution in [3.63, 3.8) is 0 Å². The number of rotatable bonds is 5. The van der Waals surface area contributed by atoms with Gasteiger partial charge in [0.1, 0.15) is 11.1 Å². The fraction of sp³-hybridized carbons (Fsp3) is 0.750. The lowest BCUT2D eigenvalue weighted by Crippen LogP contribution is -2.22. The Morgan fingerprint density at radius 3 is 2.17 bits per heavy atom. The van der Waals surface area contributed by atoms with Gasteiger partial charge in [-0.1, -0.05) is 0 Å². The van der Waals surface area contributed by atoms with Crippen molar-refractivity contribution in [2.75, 3.05) is 13.2 Å². The lowest BCUT2D eigenvalue weighted by Gasteiger charge is -2.16. The first kappa shape index (κ1) is 11.5. The molecule has 0 amide bonds. The molecule has 0 aliphatic rings. The molecule has 2 N–H and O–H groups in total. The molecular formula is C8H19NO2Si. The molecule has 0 aliphatic heterocycles. The molecule has 0 aromatic rings. The first-order valence-electron chi connectivity index (χ1n) is 4.35. The van der Waals surface area contributed by atoms with Crippen LogP contribution in [0.5, 0.6) is 0 Å². The fourth-order valence-corrected chi connectivity index (χ4v) is 1.89. The smallest absolute Gasteiger partial charge is 0.144 e. The molecule has 0 saturated carbocycles. The Kier molecular flexibility index (Phi) is 5.83. The molecule has 0 aliphatic carbocycles. The van der Waals surface area contributed by atoms with Crippen LogP contribution in [-0.4, -0.2) is 29.5 Å². The molecule has 0 radical (unpaired) electrons. The van der Waals surface area contributed by atoms with E-state index >= 15 is 0 Å². The molecule has 0 rings (SSSR count). The third-order valence-electron chi connectivity index (χ3n) is 1.42. The first-order valence-corrected chi connectivity index (χ1v) is 5.35. The third kappa shape index (κ3) is 3.78. The van der Waals surface area contributed by atoms with Gasteiger partial charge in [-0.15, -0.1) is 0 Å². The second kappa shape index (κ2) is 6.08. The molecule has 12 heavy (non-hydrogen) atoms. The number of hydrogen-bond donors (Lipinski definition) is 1. The van der Waals surface area contributed by atoms with Crippen molar-refractivity contribution in [1.82, 2.24) is 0 Å². The summed E-state index contributed by atoms with van der Waals surface area (Å²) in [5.74, 6) is 0.811. The summed E-state index contributed by atoms with van der Waals surface area (Å²) in [5, 5.41) is 0.925. The number of hydrogen-bond acceptors (Lipinski definition) is 3. The van der Waals surface area contributed by atoms with E-state index in [9.17, 15) is 0 Å². The van der Waals surface area contributed by atoms with Crippen molar-refractivity contribution in [3.8, 4) is 0 Å². The zero-order valence-corrected chi connectivity index (χ0v) is 10.4. The number of ether oxygens (including phenoxy) is 2. The minimum absolute atomic E-state index is 0.0657. The van der Waals surface area contributed by atoms with Gasteiger partial charge in [0, 0.05) is 0 Å². The van der Waals surface area contributed by atoms with Crippen molar-refractivity contribution in [2.45, 2.75) is 26.8 Å². The fourth-order valence-electron chi connectivity index (χ4n) is 0.997. The Morgan fingerprint density at radius 2 is 1.83 bits per heavy atom. The summed E-state index contributed by atoms with van der Waals surface area (Å²) < 4.78 is 10.7. The van der Waals surface area contributed by atoms with Crippen LogP contribution >= 0.6 is 0 Å². The molecule has 0 spiro atoms. The Bertz CT molecular complexity index is 157. The second-order valence-electron chi connectivity index (χ2n) is 2.58. The predicted molar refractivity (Wildman–Crippen MR) is 53.9 cm³/mol. The average molecular weight is 189 g/mol. The summed E-state index contributed by atoms with van der Waals surface area (Å²) in [6.07, 6.45) is 0. The molecule has 4 heteroatoms. The molecular weight excluding hydrogens is 170 g/mol.